The van der Waals surface area contributed by atoms with Gasteiger partial charge in [-0.1, -0.05) is 6.07 Å². The Labute approximate surface area is 170 Å². The van der Waals surface area contributed by atoms with Gasteiger partial charge in [0, 0.05) is 25.5 Å². The topological polar surface area (TPSA) is 70.5 Å². The molecule has 1 fully saturated rings. The molecule has 0 radical (unpaired) electrons. The number of amides is 1. The summed E-state index contributed by atoms with van der Waals surface area (Å²) in [6.45, 7) is 2.13. The highest BCUT2D eigenvalue weighted by Crippen LogP contribution is 2.33. The van der Waals surface area contributed by atoms with Crippen molar-refractivity contribution in [3.8, 4) is 23.0 Å². The van der Waals surface area contributed by atoms with E-state index in [0.29, 0.717) is 13.1 Å². The zero-order chi connectivity index (χ0) is 20.2. The van der Waals surface area contributed by atoms with Crippen molar-refractivity contribution in [1.29, 1.82) is 0 Å². The molecule has 7 heteroatoms. The van der Waals surface area contributed by atoms with E-state index in [9.17, 15) is 4.79 Å². The molecule has 1 unspecified atom stereocenters. The maximum absolute atomic E-state index is 12.6. The number of likely N-dealkylation sites (tertiary alicyclic amines) is 1. The minimum atomic E-state index is 0.0389. The van der Waals surface area contributed by atoms with Crippen LogP contribution in [0.3, 0.4) is 0 Å². The molecule has 4 rings (SSSR count). The van der Waals surface area contributed by atoms with Crippen LogP contribution in [0, 0.1) is 0 Å². The number of rotatable bonds is 7. The van der Waals surface area contributed by atoms with Gasteiger partial charge < -0.3 is 29.2 Å². The first-order chi connectivity index (χ1) is 14.2. The number of methoxy groups -OCH3 is 2. The zero-order valence-corrected chi connectivity index (χ0v) is 16.8. The first kappa shape index (κ1) is 19.4. The first-order valence-electron chi connectivity index (χ1n) is 9.89. The normalized spacial score (nSPS) is 19.8. The fourth-order valence-electron chi connectivity index (χ4n) is 4.13. The molecule has 2 aliphatic heterocycles. The molecule has 2 atom stereocenters. The highest BCUT2D eigenvalue weighted by molar-refractivity contribution is 5.76. The summed E-state index contributed by atoms with van der Waals surface area (Å²) in [5.41, 5.74) is 2.12. The second kappa shape index (κ2) is 8.61. The Balaban J connectivity index is 1.37. The van der Waals surface area contributed by atoms with Gasteiger partial charge in [-0.05, 0) is 29.8 Å². The van der Waals surface area contributed by atoms with Crippen LogP contribution < -0.4 is 29.2 Å². The molecule has 2 aromatic carbocycles. The molecule has 1 amide bonds. The van der Waals surface area contributed by atoms with Crippen molar-refractivity contribution in [2.24, 2.45) is 0 Å². The van der Waals surface area contributed by atoms with Crippen LogP contribution in [0.25, 0.3) is 0 Å². The van der Waals surface area contributed by atoms with Crippen molar-refractivity contribution >= 4 is 5.91 Å². The lowest BCUT2D eigenvalue weighted by molar-refractivity contribution is -0.910. The SMILES string of the molecule is COc1ccc([C@H]2CCC[NH+]2CC(=O)NCc2ccc3c(c2)OCO3)c(OC)c1. The summed E-state index contributed by atoms with van der Waals surface area (Å²) in [4.78, 5) is 13.9. The Morgan fingerprint density at radius 2 is 2.00 bits per heavy atom. The van der Waals surface area contributed by atoms with Gasteiger partial charge in [0.2, 0.25) is 6.79 Å². The first-order valence-corrected chi connectivity index (χ1v) is 9.89. The van der Waals surface area contributed by atoms with Crippen LogP contribution >= 0.6 is 0 Å². The lowest BCUT2D eigenvalue weighted by atomic mass is 10.0. The molecule has 29 heavy (non-hydrogen) atoms. The van der Waals surface area contributed by atoms with Crippen LogP contribution in [-0.2, 0) is 11.3 Å². The lowest BCUT2D eigenvalue weighted by Gasteiger charge is -2.23. The van der Waals surface area contributed by atoms with Crippen LogP contribution in [0.4, 0.5) is 0 Å². The molecule has 2 heterocycles. The van der Waals surface area contributed by atoms with E-state index in [-0.39, 0.29) is 18.7 Å². The standard InChI is InChI=1S/C22H26N2O5/c1-26-16-6-7-17(20(11-16)27-2)18-4-3-9-24(18)13-22(25)23-12-15-5-8-19-21(10-15)29-14-28-19/h5-8,10-11,18H,3-4,9,12-14H2,1-2H3,(H,23,25)/p+1/t18-/m1/s1. The highest BCUT2D eigenvalue weighted by Gasteiger charge is 2.33. The van der Waals surface area contributed by atoms with Crippen LogP contribution in [0.1, 0.15) is 30.0 Å². The quantitative estimate of drug-likeness (QED) is 0.738. The van der Waals surface area contributed by atoms with E-state index >= 15 is 0 Å². The van der Waals surface area contributed by atoms with Crippen molar-refractivity contribution in [1.82, 2.24) is 5.32 Å². The molecular weight excluding hydrogens is 372 g/mol. The largest absolute Gasteiger partial charge is 0.497 e. The number of hydrogen-bond donors (Lipinski definition) is 2. The Hall–Kier alpha value is -2.93. The predicted octanol–water partition coefficient (Wildman–Crippen LogP) is 1.47. The van der Waals surface area contributed by atoms with Gasteiger partial charge in [0.1, 0.15) is 17.5 Å². The minimum Gasteiger partial charge on any atom is -0.497 e. The molecule has 2 aliphatic rings. The number of hydrogen-bond acceptors (Lipinski definition) is 5. The predicted molar refractivity (Wildman–Crippen MR) is 107 cm³/mol. The number of ether oxygens (including phenoxy) is 4. The van der Waals surface area contributed by atoms with E-state index in [1.54, 1.807) is 14.2 Å². The van der Waals surface area contributed by atoms with Gasteiger partial charge in [-0.2, -0.15) is 0 Å². The molecular formula is C22H27N2O5+. The molecule has 154 valence electrons. The summed E-state index contributed by atoms with van der Waals surface area (Å²) < 4.78 is 21.6. The molecule has 0 aliphatic carbocycles. The van der Waals surface area contributed by atoms with Gasteiger partial charge in [-0.15, -0.1) is 0 Å². The van der Waals surface area contributed by atoms with Crippen LogP contribution in [0.2, 0.25) is 0 Å². The van der Waals surface area contributed by atoms with Gasteiger partial charge in [0.25, 0.3) is 5.91 Å². The van der Waals surface area contributed by atoms with Crippen molar-refractivity contribution in [3.05, 3.63) is 47.5 Å². The van der Waals surface area contributed by atoms with Gasteiger partial charge in [-0.3, -0.25) is 4.79 Å². The summed E-state index contributed by atoms with van der Waals surface area (Å²) in [7, 11) is 3.32. The molecule has 1 saturated heterocycles. The van der Waals surface area contributed by atoms with E-state index < -0.39 is 0 Å². The van der Waals surface area contributed by atoms with Gasteiger partial charge in [-0.25, -0.2) is 0 Å². The van der Waals surface area contributed by atoms with Crippen molar-refractivity contribution in [2.75, 3.05) is 34.1 Å². The third-order valence-electron chi connectivity index (χ3n) is 5.61. The van der Waals surface area contributed by atoms with Crippen molar-refractivity contribution in [3.63, 3.8) is 0 Å². The monoisotopic (exact) mass is 399 g/mol. The molecule has 2 N–H and O–H groups in total. The smallest absolute Gasteiger partial charge is 0.275 e. The van der Waals surface area contributed by atoms with Crippen LogP contribution in [0.5, 0.6) is 23.0 Å². The zero-order valence-electron chi connectivity index (χ0n) is 16.8. The number of carbonyl (C=O) groups is 1. The Bertz CT molecular complexity index is 886. The van der Waals surface area contributed by atoms with E-state index in [0.717, 1.165) is 53.5 Å². The summed E-state index contributed by atoms with van der Waals surface area (Å²) in [5, 5.41) is 3.03. The molecule has 0 bridgehead atoms. The molecule has 2 aromatic rings. The lowest BCUT2D eigenvalue weighted by Crippen LogP contribution is -3.11. The third kappa shape index (κ3) is 4.24. The fourth-order valence-corrected chi connectivity index (χ4v) is 4.13. The second-order valence-electron chi connectivity index (χ2n) is 7.35. The second-order valence-corrected chi connectivity index (χ2v) is 7.35. The van der Waals surface area contributed by atoms with Crippen LogP contribution in [0.15, 0.2) is 36.4 Å². The maximum Gasteiger partial charge on any atom is 0.275 e. The summed E-state index contributed by atoms with van der Waals surface area (Å²) >= 11 is 0. The van der Waals surface area contributed by atoms with E-state index in [4.69, 9.17) is 18.9 Å². The number of fused-ring (bicyclic) bond motifs is 1. The molecule has 0 spiro atoms. The van der Waals surface area contributed by atoms with Gasteiger partial charge in [0.15, 0.2) is 18.0 Å². The highest BCUT2D eigenvalue weighted by atomic mass is 16.7. The van der Waals surface area contributed by atoms with E-state index in [2.05, 4.69) is 11.4 Å². The molecule has 0 aromatic heterocycles. The Kier molecular flexibility index (Phi) is 5.76. The number of carbonyl (C=O) groups excluding carboxylic acids is 1. The molecule has 7 nitrogen and oxygen atoms in total. The maximum atomic E-state index is 12.6. The fraction of sp³-hybridized carbons (Fsp3) is 0.409. The van der Waals surface area contributed by atoms with Gasteiger partial charge >= 0.3 is 0 Å². The minimum absolute atomic E-state index is 0.0389. The average Bonchev–Trinajstić information content (AvgIpc) is 3.40. The Morgan fingerprint density at radius 1 is 1.14 bits per heavy atom. The summed E-state index contributed by atoms with van der Waals surface area (Å²) in [6, 6.07) is 11.9. The third-order valence-corrected chi connectivity index (χ3v) is 5.61. The number of nitrogens with one attached hydrogen (secondary N) is 2. The Morgan fingerprint density at radius 3 is 2.83 bits per heavy atom. The van der Waals surface area contributed by atoms with E-state index in [1.165, 1.54) is 4.90 Å². The van der Waals surface area contributed by atoms with Crippen molar-refractivity contribution < 1.29 is 28.6 Å². The average molecular weight is 399 g/mol. The number of benzene rings is 2. The van der Waals surface area contributed by atoms with Gasteiger partial charge in [0.05, 0.1) is 26.3 Å². The summed E-state index contributed by atoms with van der Waals surface area (Å²) in [5.74, 6) is 3.10. The van der Waals surface area contributed by atoms with E-state index in [1.807, 2.05) is 30.3 Å². The van der Waals surface area contributed by atoms with Crippen LogP contribution in [-0.4, -0.2) is 40.0 Å². The number of quaternary nitrogens is 1. The van der Waals surface area contributed by atoms with Crippen molar-refractivity contribution in [2.45, 2.75) is 25.4 Å². The molecule has 0 saturated carbocycles. The summed E-state index contributed by atoms with van der Waals surface area (Å²) in [6.07, 6.45) is 2.12.